The van der Waals surface area contributed by atoms with Crippen molar-refractivity contribution in [1.82, 2.24) is 20.2 Å². The second-order valence-electron chi connectivity index (χ2n) is 5.31. The van der Waals surface area contributed by atoms with E-state index in [0.29, 0.717) is 16.0 Å². The maximum Gasteiger partial charge on any atom is 0.230 e. The summed E-state index contributed by atoms with van der Waals surface area (Å²) in [5, 5.41) is 10.3. The largest absolute Gasteiger partial charge is 0.274 e. The van der Waals surface area contributed by atoms with Crippen molar-refractivity contribution in [2.24, 2.45) is 0 Å². The Labute approximate surface area is 148 Å². The number of aromatic amines is 1. The molecule has 2 heterocycles. The number of carbonyl (C=O) groups is 1. The molecule has 0 aliphatic rings. The number of thioether (sulfide) groups is 1. The van der Waals surface area contributed by atoms with Crippen LogP contribution < -0.4 is 4.90 Å². The summed E-state index contributed by atoms with van der Waals surface area (Å²) in [5.41, 5.74) is 2.84. The van der Waals surface area contributed by atoms with E-state index in [9.17, 15) is 4.79 Å². The van der Waals surface area contributed by atoms with Gasteiger partial charge in [0.05, 0.1) is 11.4 Å². The van der Waals surface area contributed by atoms with Gasteiger partial charge in [0, 0.05) is 18.1 Å². The summed E-state index contributed by atoms with van der Waals surface area (Å²) in [4.78, 5) is 22.6. The lowest BCUT2D eigenvalue weighted by Crippen LogP contribution is -2.22. The van der Waals surface area contributed by atoms with Crippen molar-refractivity contribution in [1.29, 1.82) is 0 Å². The molecule has 3 rings (SSSR count). The van der Waals surface area contributed by atoms with Crippen LogP contribution in [0.2, 0.25) is 0 Å². The Morgan fingerprint density at radius 3 is 2.83 bits per heavy atom. The molecular weight excluding hydrogens is 342 g/mol. The smallest absolute Gasteiger partial charge is 0.230 e. The van der Waals surface area contributed by atoms with Crippen LogP contribution in [0.4, 0.5) is 10.8 Å². The van der Waals surface area contributed by atoms with Gasteiger partial charge in [0.1, 0.15) is 5.82 Å². The van der Waals surface area contributed by atoms with Crippen LogP contribution in [-0.2, 0) is 10.5 Å². The molecule has 6 nitrogen and oxygen atoms in total. The molecule has 0 bridgehead atoms. The zero-order valence-corrected chi connectivity index (χ0v) is 15.2. The molecule has 24 heavy (non-hydrogen) atoms. The van der Waals surface area contributed by atoms with Crippen molar-refractivity contribution >= 4 is 39.8 Å². The molecular formula is C16H17N5OS2. The first-order valence-electron chi connectivity index (χ1n) is 7.36. The fraction of sp³-hybridized carbons (Fsp3) is 0.250. The van der Waals surface area contributed by atoms with E-state index in [1.165, 1.54) is 23.1 Å². The minimum Gasteiger partial charge on any atom is -0.274 e. The molecule has 0 atom stereocenters. The molecule has 0 radical (unpaired) electrons. The molecule has 0 unspecified atom stereocenters. The van der Waals surface area contributed by atoms with Gasteiger partial charge in [-0.2, -0.15) is 0 Å². The molecule has 2 aromatic heterocycles. The molecule has 0 fully saturated rings. The van der Waals surface area contributed by atoms with Crippen LogP contribution in [-0.4, -0.2) is 26.1 Å². The number of nitrogens with zero attached hydrogens (tertiary/aromatic N) is 4. The highest BCUT2D eigenvalue weighted by Crippen LogP contribution is 2.31. The van der Waals surface area contributed by atoms with E-state index < -0.39 is 0 Å². The van der Waals surface area contributed by atoms with E-state index in [2.05, 4.69) is 20.2 Å². The number of nitrogens with one attached hydrogen (secondary N) is 1. The predicted molar refractivity (Wildman–Crippen MR) is 96.8 cm³/mol. The van der Waals surface area contributed by atoms with Crippen LogP contribution in [0, 0.1) is 13.8 Å². The van der Waals surface area contributed by atoms with Gasteiger partial charge in [0.2, 0.25) is 11.1 Å². The van der Waals surface area contributed by atoms with Gasteiger partial charge in [0.25, 0.3) is 0 Å². The predicted octanol–water partition coefficient (Wildman–Crippen LogP) is 3.85. The summed E-state index contributed by atoms with van der Waals surface area (Å²) >= 11 is 2.97. The summed E-state index contributed by atoms with van der Waals surface area (Å²) in [6.07, 6.45) is 0. The molecule has 3 aromatic rings. The highest BCUT2D eigenvalue weighted by Gasteiger charge is 2.18. The lowest BCUT2D eigenvalue weighted by Gasteiger charge is -2.18. The van der Waals surface area contributed by atoms with E-state index in [4.69, 9.17) is 0 Å². The number of anilines is 2. The molecule has 1 amide bonds. The van der Waals surface area contributed by atoms with E-state index in [1.807, 2.05) is 43.5 Å². The van der Waals surface area contributed by atoms with E-state index in [0.717, 1.165) is 22.8 Å². The quantitative estimate of drug-likeness (QED) is 0.700. The van der Waals surface area contributed by atoms with Gasteiger partial charge in [-0.1, -0.05) is 23.9 Å². The zero-order chi connectivity index (χ0) is 17.1. The van der Waals surface area contributed by atoms with Crippen LogP contribution >= 0.6 is 23.1 Å². The number of H-pyrrole nitrogens is 1. The topological polar surface area (TPSA) is 74.8 Å². The third-order valence-corrected chi connectivity index (χ3v) is 4.99. The number of benzene rings is 1. The number of hydrogen-bond donors (Lipinski definition) is 1. The van der Waals surface area contributed by atoms with Crippen molar-refractivity contribution in [3.05, 3.63) is 46.7 Å². The molecule has 1 aromatic carbocycles. The number of rotatable bonds is 5. The summed E-state index contributed by atoms with van der Waals surface area (Å²) in [6, 6.07) is 7.84. The van der Waals surface area contributed by atoms with Crippen LogP contribution in [0.15, 0.2) is 34.8 Å². The Kier molecular flexibility index (Phi) is 4.96. The second-order valence-corrected chi connectivity index (χ2v) is 7.09. The first-order valence-corrected chi connectivity index (χ1v) is 9.23. The molecule has 0 aliphatic heterocycles. The van der Waals surface area contributed by atoms with Crippen LogP contribution in [0.25, 0.3) is 0 Å². The average molecular weight is 359 g/mol. The van der Waals surface area contributed by atoms with Crippen molar-refractivity contribution in [2.45, 2.75) is 31.7 Å². The minimum absolute atomic E-state index is 0.0567. The Hall–Kier alpha value is -2.19. The summed E-state index contributed by atoms with van der Waals surface area (Å²) in [5.74, 6) is 1.39. The second kappa shape index (κ2) is 7.14. The Morgan fingerprint density at radius 2 is 2.17 bits per heavy atom. The summed E-state index contributed by atoms with van der Waals surface area (Å²) in [7, 11) is 0. The minimum atomic E-state index is -0.0567. The number of thiazole rings is 1. The van der Waals surface area contributed by atoms with E-state index >= 15 is 0 Å². The SMILES string of the molecule is CC(=O)N(c1cccc(C)c1)c1nc(CSc2n[nH]c(C)n2)cs1. The first kappa shape index (κ1) is 16.7. The van der Waals surface area contributed by atoms with E-state index in [1.54, 1.807) is 11.8 Å². The van der Waals surface area contributed by atoms with Crippen LogP contribution in [0.1, 0.15) is 24.0 Å². The molecule has 1 N–H and O–H groups in total. The number of aromatic nitrogens is 4. The number of carbonyl (C=O) groups excluding carboxylic acids is 1. The van der Waals surface area contributed by atoms with Crippen molar-refractivity contribution < 1.29 is 4.79 Å². The maximum absolute atomic E-state index is 12.1. The molecule has 124 valence electrons. The molecule has 0 saturated heterocycles. The first-order chi connectivity index (χ1) is 11.5. The standard InChI is InChI=1S/C16H17N5OS2/c1-10-5-4-6-14(7-10)21(12(3)22)16-18-13(9-24-16)8-23-15-17-11(2)19-20-15/h4-7,9H,8H2,1-3H3,(H,17,19,20). The van der Waals surface area contributed by atoms with Crippen LogP contribution in [0.3, 0.4) is 0 Å². The fourth-order valence-electron chi connectivity index (χ4n) is 2.18. The van der Waals surface area contributed by atoms with Crippen molar-refractivity contribution in [2.75, 3.05) is 4.90 Å². The summed E-state index contributed by atoms with van der Waals surface area (Å²) < 4.78 is 0. The van der Waals surface area contributed by atoms with Crippen molar-refractivity contribution in [3.63, 3.8) is 0 Å². The highest BCUT2D eigenvalue weighted by molar-refractivity contribution is 7.98. The normalized spacial score (nSPS) is 10.8. The lowest BCUT2D eigenvalue weighted by molar-refractivity contribution is -0.115. The lowest BCUT2D eigenvalue weighted by atomic mass is 10.2. The van der Waals surface area contributed by atoms with Gasteiger partial charge in [-0.25, -0.2) is 9.97 Å². The number of hydrogen-bond acceptors (Lipinski definition) is 6. The third-order valence-electron chi connectivity index (χ3n) is 3.23. The molecule has 0 aliphatic carbocycles. The fourth-order valence-corrected chi connectivity index (χ4v) is 3.91. The van der Waals surface area contributed by atoms with Gasteiger partial charge >= 0.3 is 0 Å². The third kappa shape index (κ3) is 3.82. The number of aryl methyl sites for hydroxylation is 2. The molecule has 0 spiro atoms. The van der Waals surface area contributed by atoms with Gasteiger partial charge < -0.3 is 0 Å². The monoisotopic (exact) mass is 359 g/mol. The van der Waals surface area contributed by atoms with Gasteiger partial charge in [-0.3, -0.25) is 14.8 Å². The molecule has 8 heteroatoms. The summed E-state index contributed by atoms with van der Waals surface area (Å²) in [6.45, 7) is 5.42. The Morgan fingerprint density at radius 1 is 1.33 bits per heavy atom. The number of amides is 1. The highest BCUT2D eigenvalue weighted by atomic mass is 32.2. The van der Waals surface area contributed by atoms with Gasteiger partial charge in [-0.15, -0.1) is 16.4 Å². The van der Waals surface area contributed by atoms with E-state index in [-0.39, 0.29) is 5.91 Å². The van der Waals surface area contributed by atoms with Gasteiger partial charge in [0.15, 0.2) is 5.13 Å². The zero-order valence-electron chi connectivity index (χ0n) is 13.6. The van der Waals surface area contributed by atoms with Gasteiger partial charge in [-0.05, 0) is 31.5 Å². The molecule has 0 saturated carbocycles. The Bertz CT molecular complexity index is 858. The Balaban J connectivity index is 1.78. The maximum atomic E-state index is 12.1. The average Bonchev–Trinajstić information content (AvgIpc) is 3.14. The van der Waals surface area contributed by atoms with Crippen LogP contribution in [0.5, 0.6) is 0 Å². The van der Waals surface area contributed by atoms with Crippen molar-refractivity contribution in [3.8, 4) is 0 Å².